The number of hydrogen-bond donors (Lipinski definition) is 1. The summed E-state index contributed by atoms with van der Waals surface area (Å²) in [6.07, 6.45) is 3.23. The Labute approximate surface area is 97.3 Å². The van der Waals surface area contributed by atoms with E-state index in [0.29, 0.717) is 5.92 Å². The first-order chi connectivity index (χ1) is 7.83. The van der Waals surface area contributed by atoms with Crippen molar-refractivity contribution in [2.24, 2.45) is 0 Å². The predicted octanol–water partition coefficient (Wildman–Crippen LogP) is 2.68. The van der Waals surface area contributed by atoms with E-state index in [4.69, 9.17) is 4.74 Å². The smallest absolute Gasteiger partial charge is 0.110 e. The van der Waals surface area contributed by atoms with E-state index in [-0.39, 0.29) is 6.04 Å². The molecule has 2 heteroatoms. The summed E-state index contributed by atoms with van der Waals surface area (Å²) in [7, 11) is 1.99. The van der Waals surface area contributed by atoms with Gasteiger partial charge in [-0.1, -0.05) is 37.3 Å². The van der Waals surface area contributed by atoms with Crippen LogP contribution in [0.2, 0.25) is 0 Å². The quantitative estimate of drug-likeness (QED) is 0.837. The van der Waals surface area contributed by atoms with Gasteiger partial charge in [0.15, 0.2) is 0 Å². The summed E-state index contributed by atoms with van der Waals surface area (Å²) >= 11 is 0. The van der Waals surface area contributed by atoms with Gasteiger partial charge >= 0.3 is 0 Å². The number of nitrogens with one attached hydrogen (secondary N) is 1. The second-order valence-electron chi connectivity index (χ2n) is 4.21. The summed E-state index contributed by atoms with van der Waals surface area (Å²) in [6, 6.07) is 10.8. The highest BCUT2D eigenvalue weighted by molar-refractivity contribution is 5.24. The average Bonchev–Trinajstić information content (AvgIpc) is 2.85. The molecule has 2 rings (SSSR count). The van der Waals surface area contributed by atoms with Crippen molar-refractivity contribution in [1.82, 2.24) is 5.32 Å². The molecule has 1 aliphatic heterocycles. The van der Waals surface area contributed by atoms with Crippen molar-refractivity contribution in [3.63, 3.8) is 0 Å². The van der Waals surface area contributed by atoms with Crippen LogP contribution < -0.4 is 5.32 Å². The molecule has 86 valence electrons. The molecule has 0 spiro atoms. The number of likely N-dealkylation sites (N-methyl/N-ethyl adjacent to an activating group) is 1. The van der Waals surface area contributed by atoms with Crippen molar-refractivity contribution in [3.05, 3.63) is 47.7 Å². The van der Waals surface area contributed by atoms with E-state index in [2.05, 4.69) is 48.6 Å². The lowest BCUT2D eigenvalue weighted by atomic mass is 9.92. The van der Waals surface area contributed by atoms with Crippen LogP contribution in [0.1, 0.15) is 24.8 Å². The van der Waals surface area contributed by atoms with E-state index in [1.807, 2.05) is 7.05 Å². The van der Waals surface area contributed by atoms with Crippen molar-refractivity contribution in [1.29, 1.82) is 0 Å². The monoisotopic (exact) mass is 217 g/mol. The molecule has 0 fully saturated rings. The molecule has 1 aromatic carbocycles. The molecular formula is C14H19NO. The van der Waals surface area contributed by atoms with Crippen molar-refractivity contribution in [3.8, 4) is 0 Å². The van der Waals surface area contributed by atoms with E-state index >= 15 is 0 Å². The van der Waals surface area contributed by atoms with Gasteiger partial charge in [0, 0.05) is 12.3 Å². The lowest BCUT2D eigenvalue weighted by Crippen LogP contribution is -2.33. The average molecular weight is 217 g/mol. The van der Waals surface area contributed by atoms with Crippen molar-refractivity contribution < 1.29 is 4.74 Å². The minimum Gasteiger partial charge on any atom is -0.496 e. The van der Waals surface area contributed by atoms with Gasteiger partial charge in [0.2, 0.25) is 0 Å². The van der Waals surface area contributed by atoms with E-state index in [9.17, 15) is 0 Å². The molecule has 0 radical (unpaired) electrons. The summed E-state index contributed by atoms with van der Waals surface area (Å²) in [5, 5.41) is 3.35. The van der Waals surface area contributed by atoms with Crippen molar-refractivity contribution >= 4 is 0 Å². The molecule has 0 saturated carbocycles. The lowest BCUT2D eigenvalue weighted by Gasteiger charge is -2.24. The fourth-order valence-electron chi connectivity index (χ4n) is 2.24. The van der Waals surface area contributed by atoms with Crippen LogP contribution in [0, 0.1) is 0 Å². The zero-order valence-electron chi connectivity index (χ0n) is 9.94. The summed E-state index contributed by atoms with van der Waals surface area (Å²) in [5.41, 5.74) is 1.35. The molecule has 2 atom stereocenters. The molecule has 1 aromatic rings. The van der Waals surface area contributed by atoms with Crippen LogP contribution in [0.25, 0.3) is 0 Å². The molecule has 0 saturated heterocycles. The highest BCUT2D eigenvalue weighted by Gasteiger charge is 2.24. The topological polar surface area (TPSA) is 21.3 Å². The summed E-state index contributed by atoms with van der Waals surface area (Å²) in [6.45, 7) is 3.06. The van der Waals surface area contributed by atoms with Gasteiger partial charge in [-0.15, -0.1) is 0 Å². The maximum absolute atomic E-state index is 5.65. The largest absolute Gasteiger partial charge is 0.496 e. The zero-order chi connectivity index (χ0) is 11.4. The number of hydrogen-bond acceptors (Lipinski definition) is 2. The van der Waals surface area contributed by atoms with Gasteiger partial charge in [-0.3, -0.25) is 0 Å². The van der Waals surface area contributed by atoms with Crippen molar-refractivity contribution in [2.75, 3.05) is 13.7 Å². The molecule has 1 N–H and O–H groups in total. The minimum atomic E-state index is 0.282. The first kappa shape index (κ1) is 11.2. The van der Waals surface area contributed by atoms with Crippen LogP contribution in [0.3, 0.4) is 0 Å². The van der Waals surface area contributed by atoms with Gasteiger partial charge in [-0.25, -0.2) is 0 Å². The van der Waals surface area contributed by atoms with E-state index in [0.717, 1.165) is 18.8 Å². The fraction of sp³-hybridized carbons (Fsp3) is 0.429. The summed E-state index contributed by atoms with van der Waals surface area (Å²) in [4.78, 5) is 0. The molecule has 2 unspecified atom stereocenters. The SMILES string of the molecule is CNC(C1=CCCO1)C(C)c1ccccc1. The Kier molecular flexibility index (Phi) is 3.62. The molecule has 1 heterocycles. The zero-order valence-corrected chi connectivity index (χ0v) is 9.94. The molecule has 1 aliphatic rings. The van der Waals surface area contributed by atoms with Gasteiger partial charge in [0.25, 0.3) is 0 Å². The Hall–Kier alpha value is -1.28. The summed E-state index contributed by atoms with van der Waals surface area (Å²) in [5.74, 6) is 1.52. The minimum absolute atomic E-state index is 0.282. The van der Waals surface area contributed by atoms with Crippen LogP contribution in [0.15, 0.2) is 42.2 Å². The Bertz CT molecular complexity index is 358. The van der Waals surface area contributed by atoms with Crippen LogP contribution in [-0.4, -0.2) is 19.7 Å². The van der Waals surface area contributed by atoms with Crippen LogP contribution >= 0.6 is 0 Å². The Balaban J connectivity index is 2.15. The van der Waals surface area contributed by atoms with Gasteiger partial charge in [-0.2, -0.15) is 0 Å². The van der Waals surface area contributed by atoms with E-state index in [1.165, 1.54) is 5.56 Å². The van der Waals surface area contributed by atoms with Gasteiger partial charge in [-0.05, 0) is 18.7 Å². The van der Waals surface area contributed by atoms with Crippen LogP contribution in [-0.2, 0) is 4.74 Å². The molecule has 0 bridgehead atoms. The Morgan fingerprint density at radius 3 is 2.56 bits per heavy atom. The van der Waals surface area contributed by atoms with Crippen molar-refractivity contribution in [2.45, 2.75) is 25.3 Å². The van der Waals surface area contributed by atoms with Crippen LogP contribution in [0.4, 0.5) is 0 Å². The first-order valence-corrected chi connectivity index (χ1v) is 5.88. The van der Waals surface area contributed by atoms with Crippen LogP contribution in [0.5, 0.6) is 0 Å². The third-order valence-electron chi connectivity index (χ3n) is 3.17. The first-order valence-electron chi connectivity index (χ1n) is 5.88. The fourth-order valence-corrected chi connectivity index (χ4v) is 2.24. The van der Waals surface area contributed by atoms with Gasteiger partial charge in [0.05, 0.1) is 12.6 Å². The maximum Gasteiger partial charge on any atom is 0.110 e. The molecule has 0 aromatic heterocycles. The molecule has 2 nitrogen and oxygen atoms in total. The van der Waals surface area contributed by atoms with E-state index in [1.54, 1.807) is 0 Å². The molecular weight excluding hydrogens is 198 g/mol. The second-order valence-corrected chi connectivity index (χ2v) is 4.21. The molecule has 16 heavy (non-hydrogen) atoms. The highest BCUT2D eigenvalue weighted by Crippen LogP contribution is 2.26. The standard InChI is InChI=1S/C14H19NO/c1-11(12-7-4-3-5-8-12)14(15-2)13-9-6-10-16-13/h3-5,7-9,11,14-15H,6,10H2,1-2H3. The van der Waals surface area contributed by atoms with E-state index < -0.39 is 0 Å². The Morgan fingerprint density at radius 2 is 2.00 bits per heavy atom. The number of benzene rings is 1. The van der Waals surface area contributed by atoms with Gasteiger partial charge in [0.1, 0.15) is 5.76 Å². The lowest BCUT2D eigenvalue weighted by molar-refractivity contribution is 0.210. The third-order valence-corrected chi connectivity index (χ3v) is 3.17. The highest BCUT2D eigenvalue weighted by atomic mass is 16.5. The molecule has 0 amide bonds. The second kappa shape index (κ2) is 5.17. The third kappa shape index (κ3) is 2.27. The predicted molar refractivity (Wildman–Crippen MR) is 66.4 cm³/mol. The molecule has 0 aliphatic carbocycles. The number of ether oxygens (including phenoxy) is 1. The Morgan fingerprint density at radius 1 is 1.25 bits per heavy atom. The maximum atomic E-state index is 5.65. The van der Waals surface area contributed by atoms with Gasteiger partial charge < -0.3 is 10.1 Å². The normalized spacial score (nSPS) is 18.8. The number of rotatable bonds is 4. The summed E-state index contributed by atoms with van der Waals surface area (Å²) < 4.78 is 5.65.